The maximum Gasteiger partial charge on any atom is 0.669 e. The molecular weight excluding hydrogens is 411 g/mol. The molecule has 150 valence electrons. The summed E-state index contributed by atoms with van der Waals surface area (Å²) in [6, 6.07) is 0. The summed E-state index contributed by atoms with van der Waals surface area (Å²) in [4.78, 5) is 0. The van der Waals surface area contributed by atoms with Gasteiger partial charge >= 0.3 is 34.7 Å². The van der Waals surface area contributed by atoms with E-state index in [2.05, 4.69) is 0 Å². The van der Waals surface area contributed by atoms with Gasteiger partial charge in [-0.05, 0) is 52.4 Å². The standard InChI is InChI=1S/C12H35NO7Si5/c1-14-25(15-2,16-3)20-24(10,11)19-23(8,9)18-22(6,7)17-21(4,5)12-13/h12-13H,1-11H3. The van der Waals surface area contributed by atoms with Crippen molar-refractivity contribution < 1.29 is 29.7 Å². The van der Waals surface area contributed by atoms with Gasteiger partial charge in [-0.2, -0.15) is 0 Å². The average molecular weight is 446 g/mol. The number of hydrogen-bond acceptors (Lipinski definition) is 8. The van der Waals surface area contributed by atoms with Crippen LogP contribution < -0.4 is 0 Å². The molecule has 0 saturated carbocycles. The Labute approximate surface area is 157 Å². The molecule has 0 aromatic rings. The predicted octanol–water partition coefficient (Wildman–Crippen LogP) is 2.93. The van der Waals surface area contributed by atoms with Gasteiger partial charge in [0.1, 0.15) is 0 Å². The molecule has 25 heavy (non-hydrogen) atoms. The zero-order valence-corrected chi connectivity index (χ0v) is 22.4. The lowest BCUT2D eigenvalue weighted by Crippen LogP contribution is -2.61. The van der Waals surface area contributed by atoms with Crippen LogP contribution in [0.5, 0.6) is 0 Å². The molecule has 0 unspecified atom stereocenters. The molecule has 8 nitrogen and oxygen atoms in total. The fraction of sp³-hybridized carbons (Fsp3) is 0.917. The Bertz CT molecular complexity index is 435. The molecule has 0 atom stereocenters. The Hall–Kier alpha value is 0.474. The van der Waals surface area contributed by atoms with Gasteiger partial charge in [-0.25, -0.2) is 0 Å². The molecule has 0 aliphatic rings. The van der Waals surface area contributed by atoms with Gasteiger partial charge in [0.05, 0.1) is 0 Å². The third-order valence-electron chi connectivity index (χ3n) is 2.96. The second-order valence-corrected chi connectivity index (χ2v) is 24.9. The Kier molecular flexibility index (Phi) is 9.28. The number of hydrogen-bond donors (Lipinski definition) is 1. The van der Waals surface area contributed by atoms with Crippen molar-refractivity contribution in [3.63, 3.8) is 0 Å². The molecule has 1 N–H and O–H groups in total. The first-order valence-corrected chi connectivity index (χ1v) is 21.1. The van der Waals surface area contributed by atoms with E-state index in [-0.39, 0.29) is 0 Å². The molecule has 13 heteroatoms. The summed E-state index contributed by atoms with van der Waals surface area (Å²) in [7, 11) is -8.50. The summed E-state index contributed by atoms with van der Waals surface area (Å²) < 4.78 is 40.8. The zero-order chi connectivity index (χ0) is 20.2. The normalized spacial score (nSPS) is 14.7. The molecule has 0 radical (unpaired) electrons. The SMILES string of the molecule is CO[Si](OC)(OC)O[Si](C)(C)O[Si](C)(C)O[Si](C)(C)O[Si](C)(C)C=N. The molecule has 0 aliphatic carbocycles. The van der Waals surface area contributed by atoms with Crippen LogP contribution in [0.2, 0.25) is 52.4 Å². The van der Waals surface area contributed by atoms with Gasteiger partial charge in [0.15, 0.2) is 0 Å². The Morgan fingerprint density at radius 3 is 1.20 bits per heavy atom. The van der Waals surface area contributed by atoms with Gasteiger partial charge in [-0.1, -0.05) is 0 Å². The van der Waals surface area contributed by atoms with Crippen molar-refractivity contribution in [3.8, 4) is 0 Å². The summed E-state index contributed by atoms with van der Waals surface area (Å²) in [6.07, 6.45) is 0. The van der Waals surface area contributed by atoms with Gasteiger partial charge in [0.2, 0.25) is 8.32 Å². The van der Waals surface area contributed by atoms with Crippen molar-refractivity contribution in [1.82, 2.24) is 0 Å². The molecule has 0 aromatic heterocycles. The molecule has 0 saturated heterocycles. The smallest absolute Gasteiger partial charge is 0.432 e. The predicted molar refractivity (Wildman–Crippen MR) is 110 cm³/mol. The first kappa shape index (κ1) is 25.5. The Balaban J connectivity index is 5.12. The van der Waals surface area contributed by atoms with Crippen LogP contribution in [0.15, 0.2) is 0 Å². The third-order valence-corrected chi connectivity index (χ3v) is 20.1. The molecule has 0 bridgehead atoms. The lowest BCUT2D eigenvalue weighted by atomic mass is 11.7. The second kappa shape index (κ2) is 9.11. The van der Waals surface area contributed by atoms with Crippen LogP contribution in [0.1, 0.15) is 0 Å². The molecule has 0 aliphatic heterocycles. The lowest BCUT2D eigenvalue weighted by molar-refractivity contribution is 0.0404. The molecular formula is C12H35NO7Si5. The molecule has 0 aromatic carbocycles. The van der Waals surface area contributed by atoms with Crippen molar-refractivity contribution in [3.05, 3.63) is 0 Å². The number of rotatable bonds is 12. The highest BCUT2D eigenvalue weighted by molar-refractivity contribution is 7.00. The molecule has 0 amide bonds. The second-order valence-electron chi connectivity index (χ2n) is 7.47. The minimum Gasteiger partial charge on any atom is -0.432 e. The van der Waals surface area contributed by atoms with Crippen LogP contribution in [0.25, 0.3) is 0 Å². The maximum atomic E-state index is 7.53. The van der Waals surface area contributed by atoms with E-state index >= 15 is 0 Å². The van der Waals surface area contributed by atoms with E-state index in [0.717, 1.165) is 0 Å². The van der Waals surface area contributed by atoms with Gasteiger partial charge in [0.25, 0.3) is 0 Å². The molecule has 0 heterocycles. The summed E-state index contributed by atoms with van der Waals surface area (Å²) in [5.41, 5.74) is 0. The van der Waals surface area contributed by atoms with Crippen LogP contribution in [0.4, 0.5) is 0 Å². The largest absolute Gasteiger partial charge is 0.669 e. The molecule has 0 rings (SSSR count). The monoisotopic (exact) mass is 445 g/mol. The van der Waals surface area contributed by atoms with Gasteiger partial charge in [0, 0.05) is 27.2 Å². The van der Waals surface area contributed by atoms with Crippen molar-refractivity contribution in [2.75, 3.05) is 21.3 Å². The van der Waals surface area contributed by atoms with Crippen LogP contribution in [0.3, 0.4) is 0 Å². The lowest BCUT2D eigenvalue weighted by Gasteiger charge is -2.41. The fourth-order valence-electron chi connectivity index (χ4n) is 2.59. The first-order chi connectivity index (χ1) is 11.1. The molecule has 0 spiro atoms. The van der Waals surface area contributed by atoms with Crippen LogP contribution in [-0.2, 0) is 29.7 Å². The highest BCUT2D eigenvalue weighted by Gasteiger charge is 2.51. The zero-order valence-electron chi connectivity index (χ0n) is 17.4. The van der Waals surface area contributed by atoms with Crippen molar-refractivity contribution in [1.29, 1.82) is 5.41 Å². The van der Waals surface area contributed by atoms with Crippen molar-refractivity contribution >= 4 is 48.9 Å². The van der Waals surface area contributed by atoms with Crippen molar-refractivity contribution in [2.24, 2.45) is 0 Å². The average Bonchev–Trinajstić information content (AvgIpc) is 2.41. The van der Waals surface area contributed by atoms with E-state index in [4.69, 9.17) is 35.1 Å². The van der Waals surface area contributed by atoms with E-state index in [1.165, 1.54) is 27.2 Å². The van der Waals surface area contributed by atoms with E-state index in [0.29, 0.717) is 0 Å². The maximum absolute atomic E-state index is 7.53. The van der Waals surface area contributed by atoms with E-state index in [9.17, 15) is 0 Å². The summed E-state index contributed by atoms with van der Waals surface area (Å²) in [5.74, 6) is 1.41. The molecule has 0 fully saturated rings. The Morgan fingerprint density at radius 1 is 0.560 bits per heavy atom. The topological polar surface area (TPSA) is 88.5 Å². The van der Waals surface area contributed by atoms with Crippen molar-refractivity contribution in [2.45, 2.75) is 52.4 Å². The van der Waals surface area contributed by atoms with E-state index < -0.39 is 43.0 Å². The minimum atomic E-state index is -3.19. The van der Waals surface area contributed by atoms with E-state index in [1.54, 1.807) is 0 Å². The first-order valence-electron chi connectivity index (χ1n) is 8.05. The minimum absolute atomic E-state index is 1.41. The van der Waals surface area contributed by atoms with Crippen LogP contribution in [-0.4, -0.2) is 70.2 Å². The Morgan fingerprint density at radius 2 is 0.880 bits per heavy atom. The van der Waals surface area contributed by atoms with Gasteiger partial charge in [-0.15, -0.1) is 0 Å². The number of nitrogens with one attached hydrogen (secondary N) is 1. The summed E-state index contributed by atoms with van der Waals surface area (Å²) in [5, 5.41) is 7.53. The van der Waals surface area contributed by atoms with Gasteiger partial charge in [-0.3, -0.25) is 0 Å². The highest BCUT2D eigenvalue weighted by atomic mass is 28.5. The highest BCUT2D eigenvalue weighted by Crippen LogP contribution is 2.26. The van der Waals surface area contributed by atoms with Gasteiger partial charge < -0.3 is 35.1 Å². The quantitative estimate of drug-likeness (QED) is 0.365. The van der Waals surface area contributed by atoms with Crippen LogP contribution >= 0.6 is 0 Å². The summed E-state index contributed by atoms with van der Waals surface area (Å²) in [6.45, 7) is 15.7. The third kappa shape index (κ3) is 9.29. The fourth-order valence-corrected chi connectivity index (χ4v) is 22.9. The van der Waals surface area contributed by atoms with Crippen LogP contribution in [0, 0.1) is 5.41 Å². The van der Waals surface area contributed by atoms with E-state index in [1.807, 2.05) is 52.4 Å². The summed E-state index contributed by atoms with van der Waals surface area (Å²) >= 11 is 0.